The summed E-state index contributed by atoms with van der Waals surface area (Å²) < 4.78 is 79.7. The van der Waals surface area contributed by atoms with Gasteiger partial charge in [-0.15, -0.1) is 20.4 Å². The number of rotatable bonds is 20. The largest absolute Gasteiger partial charge is 0.324 e. The van der Waals surface area contributed by atoms with Crippen LogP contribution in [0.15, 0.2) is 220 Å². The average molecular weight is 1230 g/mol. The van der Waals surface area contributed by atoms with E-state index >= 15 is 0 Å². The van der Waals surface area contributed by atoms with Gasteiger partial charge in [-0.2, -0.15) is 35.6 Å². The van der Waals surface area contributed by atoms with Crippen LogP contribution in [0.4, 0.5) is 23.3 Å². The van der Waals surface area contributed by atoms with Crippen molar-refractivity contribution in [1.82, 2.24) is 101 Å². The third-order valence-corrected chi connectivity index (χ3v) is 16.7. The zero-order valence-electron chi connectivity index (χ0n) is 42.2. The van der Waals surface area contributed by atoms with Gasteiger partial charge in [-0.25, -0.2) is 19.9 Å². The maximum Gasteiger partial charge on any atom is 0.295 e. The predicted octanol–water partition coefficient (Wildman–Crippen LogP) is 7.93. The smallest absolute Gasteiger partial charge is 0.295 e. The molecular weight excluding hydrogens is 1200 g/mol. The van der Waals surface area contributed by atoms with Crippen LogP contribution in [0.25, 0.3) is 34.9 Å². The molecule has 34 heteroatoms. The summed E-state index contributed by atoms with van der Waals surface area (Å²) in [5.41, 5.74) is 2.92. The zero-order chi connectivity index (χ0) is 57.6. The monoisotopic (exact) mass is 1230 g/mol. The van der Waals surface area contributed by atoms with Crippen LogP contribution in [-0.2, 0) is 20.2 Å². The predicted molar refractivity (Wildman–Crippen MR) is 305 cm³/mol. The van der Waals surface area contributed by atoms with E-state index in [2.05, 4.69) is 72.7 Å². The number of aromatic nitrogens is 20. The van der Waals surface area contributed by atoms with Gasteiger partial charge in [0.25, 0.3) is 20.2 Å². The number of hydrogen-bond acceptors (Lipinski definition) is 26. The molecule has 6 heterocycles. The first-order valence-electron chi connectivity index (χ1n) is 24.1. The molecule has 0 fully saturated rings. The van der Waals surface area contributed by atoms with E-state index in [-0.39, 0.29) is 34.4 Å². The highest BCUT2D eigenvalue weighted by atomic mass is 32.2. The molecule has 12 aromatic rings. The molecule has 0 bridgehead atoms. The lowest BCUT2D eigenvalue weighted by Crippen LogP contribution is -2.05. The standard InChI is InChI=1S/C50H34N22O6S6/c73-83(74,75)39-27-33(51-45-53-41(79-47-57-61-65-69(47)35-13-5-1-6-14-35)29-42(54-45)80-48-58-62-66-70(48)36-15-7-2-8-16-36)25-23-31(39)21-22-32-24-26-34(28-40(32)84(76,77)78)52-46-55-43(81-49-59-63-67-71(49)37-17-9-3-10-18-37)30-44(56-46)82-50-60-64-68-72(50)38-19-11-4-12-20-38/h1-30H,(H,51,53,54)(H,52,55,56)(H,73,74,75)(H,76,77,78). The van der Waals surface area contributed by atoms with Crippen LogP contribution >= 0.6 is 47.0 Å². The zero-order valence-corrected chi connectivity index (χ0v) is 47.1. The molecule has 0 spiro atoms. The molecule has 0 atom stereocenters. The van der Waals surface area contributed by atoms with E-state index in [0.717, 1.165) is 59.2 Å². The van der Waals surface area contributed by atoms with Crippen LogP contribution in [0.1, 0.15) is 11.1 Å². The van der Waals surface area contributed by atoms with Gasteiger partial charge in [-0.05, 0) is 173 Å². The Labute approximate surface area is 491 Å². The van der Waals surface area contributed by atoms with E-state index in [9.17, 15) is 25.9 Å². The summed E-state index contributed by atoms with van der Waals surface area (Å²) in [4.78, 5) is 17.6. The summed E-state index contributed by atoms with van der Waals surface area (Å²) in [7, 11) is -9.93. The quantitative estimate of drug-likeness (QED) is 0.0319. The Hall–Kier alpha value is -9.68. The Kier molecular flexibility index (Phi) is 15.7. The van der Waals surface area contributed by atoms with E-state index in [1.807, 2.05) is 121 Å². The molecule has 0 aliphatic rings. The van der Waals surface area contributed by atoms with Crippen molar-refractivity contribution in [1.29, 1.82) is 0 Å². The number of tetrazole rings is 4. The van der Waals surface area contributed by atoms with Crippen LogP contribution in [0.3, 0.4) is 0 Å². The normalized spacial score (nSPS) is 11.8. The molecule has 0 saturated heterocycles. The van der Waals surface area contributed by atoms with Crippen molar-refractivity contribution in [2.24, 2.45) is 0 Å². The van der Waals surface area contributed by atoms with Gasteiger partial charge in [-0.1, -0.05) is 97.1 Å². The Morgan fingerprint density at radius 3 is 0.905 bits per heavy atom. The third-order valence-electron chi connectivity index (χ3n) is 11.4. The maximum absolute atomic E-state index is 13.1. The summed E-state index contributed by atoms with van der Waals surface area (Å²) >= 11 is 4.48. The highest BCUT2D eigenvalue weighted by Crippen LogP contribution is 2.36. The van der Waals surface area contributed by atoms with Crippen molar-refractivity contribution in [3.05, 3.63) is 181 Å². The van der Waals surface area contributed by atoms with Crippen molar-refractivity contribution in [3.63, 3.8) is 0 Å². The van der Waals surface area contributed by atoms with E-state index < -0.39 is 30.0 Å². The van der Waals surface area contributed by atoms with Crippen LogP contribution in [0, 0.1) is 0 Å². The highest BCUT2D eigenvalue weighted by molar-refractivity contribution is 8.00. The summed E-state index contributed by atoms with van der Waals surface area (Å²) in [5.74, 6) is -0.00641. The highest BCUT2D eigenvalue weighted by Gasteiger charge is 2.22. The first kappa shape index (κ1) is 54.9. The lowest BCUT2D eigenvalue weighted by atomic mass is 10.1. The Morgan fingerprint density at radius 2 is 0.643 bits per heavy atom. The fraction of sp³-hybridized carbons (Fsp3) is 0. The Bertz CT molecular complexity index is 4110. The minimum Gasteiger partial charge on any atom is -0.324 e. The maximum atomic E-state index is 13.1. The molecule has 0 amide bonds. The first-order valence-corrected chi connectivity index (χ1v) is 30.3. The molecule has 84 heavy (non-hydrogen) atoms. The molecule has 0 aliphatic carbocycles. The van der Waals surface area contributed by atoms with Crippen molar-refractivity contribution >= 4 is 103 Å². The van der Waals surface area contributed by atoms with Gasteiger partial charge in [0.05, 0.1) is 22.7 Å². The van der Waals surface area contributed by atoms with E-state index in [0.29, 0.717) is 63.5 Å². The van der Waals surface area contributed by atoms with Crippen molar-refractivity contribution in [2.45, 2.75) is 50.5 Å². The van der Waals surface area contributed by atoms with Gasteiger partial charge in [-0.3, -0.25) is 9.11 Å². The second kappa shape index (κ2) is 24.0. The summed E-state index contributed by atoms with van der Waals surface area (Å²) in [5, 5.41) is 57.9. The molecule has 0 unspecified atom stereocenters. The lowest BCUT2D eigenvalue weighted by molar-refractivity contribution is 0.480. The van der Waals surface area contributed by atoms with Crippen LogP contribution in [0.2, 0.25) is 0 Å². The minimum atomic E-state index is -4.96. The Morgan fingerprint density at radius 1 is 0.369 bits per heavy atom. The number of para-hydroxylation sites is 4. The lowest BCUT2D eigenvalue weighted by Gasteiger charge is -2.12. The van der Waals surface area contributed by atoms with Crippen molar-refractivity contribution in [3.8, 4) is 22.7 Å². The molecule has 0 saturated carbocycles. The van der Waals surface area contributed by atoms with Gasteiger partial charge in [0.15, 0.2) is 0 Å². The van der Waals surface area contributed by atoms with E-state index in [1.54, 1.807) is 12.1 Å². The molecule has 4 N–H and O–H groups in total. The number of anilines is 4. The van der Waals surface area contributed by atoms with Crippen LogP contribution in [0.5, 0.6) is 0 Å². The van der Waals surface area contributed by atoms with Crippen molar-refractivity contribution < 1.29 is 25.9 Å². The fourth-order valence-corrected chi connectivity index (χ4v) is 12.5. The average Bonchev–Trinajstić information content (AvgIpc) is 4.21. The number of hydrogen-bond donors (Lipinski definition) is 4. The molecule has 28 nitrogen and oxygen atoms in total. The summed E-state index contributed by atoms with van der Waals surface area (Å²) in [6, 6.07) is 48.3. The fourth-order valence-electron chi connectivity index (χ4n) is 7.78. The van der Waals surface area contributed by atoms with Gasteiger partial charge in [0.1, 0.15) is 29.9 Å². The molecule has 6 aromatic carbocycles. The first-order chi connectivity index (χ1) is 40.8. The van der Waals surface area contributed by atoms with Gasteiger partial charge in [0, 0.05) is 23.5 Å². The van der Waals surface area contributed by atoms with Crippen molar-refractivity contribution in [2.75, 3.05) is 10.6 Å². The van der Waals surface area contributed by atoms with E-state index in [4.69, 9.17) is 19.9 Å². The van der Waals surface area contributed by atoms with Gasteiger partial charge >= 0.3 is 0 Å². The molecule has 12 rings (SSSR count). The molecular formula is C50H34N22O6S6. The summed E-state index contributed by atoms with van der Waals surface area (Å²) in [6.45, 7) is 0. The second-order valence-corrected chi connectivity index (χ2v) is 23.7. The molecule has 6 aromatic heterocycles. The number of benzene rings is 6. The molecule has 416 valence electrons. The molecule has 0 aliphatic heterocycles. The van der Waals surface area contributed by atoms with E-state index in [1.165, 1.54) is 55.1 Å². The minimum absolute atomic E-state index is 0.00320. The molecule has 0 radical (unpaired) electrons. The third kappa shape index (κ3) is 12.8. The van der Waals surface area contributed by atoms with Crippen LogP contribution < -0.4 is 10.6 Å². The second-order valence-electron chi connectivity index (χ2n) is 17.0. The summed E-state index contributed by atoms with van der Waals surface area (Å²) in [6.07, 6.45) is 2.53. The number of nitrogens with zero attached hydrogens (tertiary/aromatic N) is 20. The van der Waals surface area contributed by atoms with Gasteiger partial charge in [0.2, 0.25) is 32.5 Å². The Balaban J connectivity index is 0.835. The number of nitrogens with one attached hydrogen (secondary N) is 2. The topological polar surface area (TPSA) is 359 Å². The van der Waals surface area contributed by atoms with Crippen LogP contribution in [-0.4, -0.2) is 127 Å². The van der Waals surface area contributed by atoms with Gasteiger partial charge < -0.3 is 10.6 Å². The SMILES string of the molecule is O=S(=O)(O)c1cc(Nc2nc(Sc3nnnn3-c3ccccc3)cc(Sc3nnnn3-c3ccccc3)n2)ccc1C=Cc1ccc(Nc2nc(Sc3nnnn3-c3ccccc3)cc(Sc3nnnn3-c3ccccc3)n2)cc1S(=O)(=O)O.